The molecular formula is C30H38ClFN6O3. The average Bonchev–Trinajstić information content (AvgIpc) is 3.16. The zero-order chi connectivity index (χ0) is 29.5. The van der Waals surface area contributed by atoms with Crippen LogP contribution in [0.1, 0.15) is 36.2 Å². The van der Waals surface area contributed by atoms with Crippen LogP contribution in [0.5, 0.6) is 5.75 Å². The zero-order valence-electron chi connectivity index (χ0n) is 24.1. The van der Waals surface area contributed by atoms with Crippen molar-refractivity contribution in [2.24, 2.45) is 0 Å². The van der Waals surface area contributed by atoms with Gasteiger partial charge in [0.2, 0.25) is 5.91 Å². The van der Waals surface area contributed by atoms with Crippen molar-refractivity contribution in [3.8, 4) is 17.0 Å². The minimum absolute atomic E-state index is 0.102. The Morgan fingerprint density at radius 1 is 1.27 bits per heavy atom. The maximum absolute atomic E-state index is 15.3. The number of pyridine rings is 1. The number of amides is 2. The SMILES string of the molecule is C=CC(=O)N1CCN2C(=O)c3c(N4CC(NCCNC)CC4(C)C)nc(-c4c(C)cccc4F)c(Cl)c3OC[C@H]2C1. The highest BCUT2D eigenvalue weighted by Gasteiger charge is 2.45. The number of fused-ring (bicyclic) bond motifs is 2. The monoisotopic (exact) mass is 584 g/mol. The maximum atomic E-state index is 15.3. The molecular weight excluding hydrogens is 547 g/mol. The molecule has 220 valence electrons. The Hall–Kier alpha value is -3.21. The summed E-state index contributed by atoms with van der Waals surface area (Å²) in [4.78, 5) is 37.2. The Morgan fingerprint density at radius 3 is 2.76 bits per heavy atom. The van der Waals surface area contributed by atoms with Gasteiger partial charge in [0.1, 0.15) is 28.8 Å². The third-order valence-electron chi connectivity index (χ3n) is 8.34. The van der Waals surface area contributed by atoms with Gasteiger partial charge in [0.25, 0.3) is 5.91 Å². The summed E-state index contributed by atoms with van der Waals surface area (Å²) in [5, 5.41) is 6.85. The van der Waals surface area contributed by atoms with Gasteiger partial charge >= 0.3 is 0 Å². The Labute approximate surface area is 245 Å². The molecule has 2 aromatic rings. The van der Waals surface area contributed by atoms with E-state index >= 15 is 4.39 Å². The number of ether oxygens (including phenoxy) is 1. The molecule has 2 amide bonds. The van der Waals surface area contributed by atoms with Crippen molar-refractivity contribution in [2.45, 2.75) is 44.8 Å². The number of halogens is 2. The highest BCUT2D eigenvalue weighted by atomic mass is 35.5. The van der Waals surface area contributed by atoms with Crippen LogP contribution < -0.4 is 20.3 Å². The second-order valence-corrected chi connectivity index (χ2v) is 11.9. The molecule has 0 spiro atoms. The largest absolute Gasteiger partial charge is 0.489 e. The minimum atomic E-state index is -0.450. The van der Waals surface area contributed by atoms with Crippen LogP contribution in [-0.2, 0) is 4.79 Å². The summed E-state index contributed by atoms with van der Waals surface area (Å²) >= 11 is 6.96. The Kier molecular flexibility index (Phi) is 8.27. The molecule has 0 bridgehead atoms. The lowest BCUT2D eigenvalue weighted by Gasteiger charge is -2.40. The summed E-state index contributed by atoms with van der Waals surface area (Å²) in [6, 6.07) is 4.61. The van der Waals surface area contributed by atoms with Gasteiger partial charge in [0, 0.05) is 56.4 Å². The van der Waals surface area contributed by atoms with Gasteiger partial charge in [-0.3, -0.25) is 9.59 Å². The smallest absolute Gasteiger partial charge is 0.261 e. The molecule has 9 nitrogen and oxygen atoms in total. The third kappa shape index (κ3) is 5.40. The molecule has 3 aliphatic rings. The molecule has 1 aromatic carbocycles. The number of aryl methyl sites for hydroxylation is 1. The first-order chi connectivity index (χ1) is 19.6. The molecule has 3 aliphatic heterocycles. The number of nitrogens with zero attached hydrogens (tertiary/aromatic N) is 4. The highest BCUT2D eigenvalue weighted by molar-refractivity contribution is 6.35. The van der Waals surface area contributed by atoms with Gasteiger partial charge in [0.05, 0.1) is 11.7 Å². The third-order valence-corrected chi connectivity index (χ3v) is 8.69. The Bertz CT molecular complexity index is 1350. The van der Waals surface area contributed by atoms with E-state index in [2.05, 4.69) is 36.0 Å². The Balaban J connectivity index is 1.64. The molecule has 2 N–H and O–H groups in total. The molecule has 2 fully saturated rings. The van der Waals surface area contributed by atoms with Gasteiger partial charge in [-0.15, -0.1) is 0 Å². The molecule has 2 saturated heterocycles. The van der Waals surface area contributed by atoms with Crippen LogP contribution in [0, 0.1) is 12.7 Å². The Morgan fingerprint density at radius 2 is 2.05 bits per heavy atom. The number of anilines is 1. The molecule has 11 heteroatoms. The van der Waals surface area contributed by atoms with Gasteiger partial charge in [0.15, 0.2) is 5.75 Å². The van der Waals surface area contributed by atoms with Gasteiger partial charge in [-0.1, -0.05) is 30.3 Å². The van der Waals surface area contributed by atoms with Crippen LogP contribution in [0.3, 0.4) is 0 Å². The summed E-state index contributed by atoms with van der Waals surface area (Å²) in [5.74, 6) is -0.254. The van der Waals surface area contributed by atoms with Crippen LogP contribution in [0.4, 0.5) is 10.2 Å². The summed E-state index contributed by atoms with van der Waals surface area (Å²) in [7, 11) is 1.91. The van der Waals surface area contributed by atoms with Gasteiger partial charge in [-0.2, -0.15) is 0 Å². The number of likely N-dealkylation sites (N-methyl/N-ethyl adjacent to an activating group) is 1. The van der Waals surface area contributed by atoms with Crippen molar-refractivity contribution in [1.29, 1.82) is 0 Å². The van der Waals surface area contributed by atoms with Gasteiger partial charge in [-0.25, -0.2) is 9.37 Å². The molecule has 0 saturated carbocycles. The van der Waals surface area contributed by atoms with Crippen LogP contribution in [0.25, 0.3) is 11.3 Å². The number of piperazine rings is 1. The van der Waals surface area contributed by atoms with Crippen molar-refractivity contribution >= 4 is 29.2 Å². The minimum Gasteiger partial charge on any atom is -0.489 e. The number of aromatic nitrogens is 1. The van der Waals surface area contributed by atoms with Crippen molar-refractivity contribution in [1.82, 2.24) is 25.4 Å². The fraction of sp³-hybridized carbons (Fsp3) is 0.500. The van der Waals surface area contributed by atoms with E-state index in [4.69, 9.17) is 21.3 Å². The fourth-order valence-electron chi connectivity index (χ4n) is 6.22. The summed E-state index contributed by atoms with van der Waals surface area (Å²) in [6.07, 6.45) is 2.10. The van der Waals surface area contributed by atoms with Crippen LogP contribution in [0.15, 0.2) is 30.9 Å². The van der Waals surface area contributed by atoms with E-state index in [1.54, 1.807) is 28.9 Å². The molecule has 1 unspecified atom stereocenters. The first-order valence-corrected chi connectivity index (χ1v) is 14.4. The topological polar surface area (TPSA) is 90.0 Å². The second-order valence-electron chi connectivity index (χ2n) is 11.6. The number of carbonyl (C=O) groups excluding carboxylic acids is 2. The molecule has 1 aromatic heterocycles. The number of nitrogens with one attached hydrogen (secondary N) is 2. The number of carbonyl (C=O) groups is 2. The number of benzene rings is 1. The number of rotatable bonds is 7. The fourth-order valence-corrected chi connectivity index (χ4v) is 6.51. The van der Waals surface area contributed by atoms with Crippen molar-refractivity contribution in [3.05, 3.63) is 52.8 Å². The molecule has 41 heavy (non-hydrogen) atoms. The zero-order valence-corrected chi connectivity index (χ0v) is 24.9. The normalized spacial score (nSPS) is 21.7. The van der Waals surface area contributed by atoms with E-state index in [1.807, 2.05) is 7.05 Å². The van der Waals surface area contributed by atoms with E-state index in [1.165, 1.54) is 12.1 Å². The molecule has 2 atom stereocenters. The summed E-state index contributed by atoms with van der Waals surface area (Å²) in [6.45, 7) is 13.1. The summed E-state index contributed by atoms with van der Waals surface area (Å²) in [5.41, 5.74) is 1.11. The lowest BCUT2D eigenvalue weighted by atomic mass is 9.98. The lowest BCUT2D eigenvalue weighted by molar-refractivity contribution is -0.128. The van der Waals surface area contributed by atoms with E-state index in [9.17, 15) is 9.59 Å². The number of hydrogen-bond acceptors (Lipinski definition) is 7. The quantitative estimate of drug-likeness (QED) is 0.381. The van der Waals surface area contributed by atoms with Gasteiger partial charge < -0.3 is 30.1 Å². The standard InChI is InChI=1S/C30H38ClFN6O3/c1-6-22(39)36-12-13-37-20(16-36)17-41-27-24(29(37)40)28(38-15-19(14-30(38,3)4)34-11-10-33-5)35-26(25(27)31)23-18(2)8-7-9-21(23)32/h6-9,19-20,33-34H,1,10-17H2,2-5H3/t19?,20-/m1/s1. The van der Waals surface area contributed by atoms with E-state index in [0.717, 1.165) is 19.5 Å². The summed E-state index contributed by atoms with van der Waals surface area (Å²) < 4.78 is 21.6. The molecule has 5 rings (SSSR count). The van der Waals surface area contributed by atoms with E-state index < -0.39 is 5.82 Å². The van der Waals surface area contributed by atoms with Crippen LogP contribution in [0.2, 0.25) is 5.02 Å². The average molecular weight is 585 g/mol. The van der Waals surface area contributed by atoms with Crippen molar-refractivity contribution < 1.29 is 18.7 Å². The molecule has 4 heterocycles. The molecule has 0 aliphatic carbocycles. The van der Waals surface area contributed by atoms with Gasteiger partial charge in [-0.05, 0) is 51.9 Å². The highest BCUT2D eigenvalue weighted by Crippen LogP contribution is 2.47. The predicted octanol–water partition coefficient (Wildman–Crippen LogP) is 3.25. The lowest BCUT2D eigenvalue weighted by Crippen LogP contribution is -2.57. The van der Waals surface area contributed by atoms with E-state index in [-0.39, 0.29) is 63.6 Å². The first kappa shape index (κ1) is 29.3. The van der Waals surface area contributed by atoms with E-state index in [0.29, 0.717) is 37.6 Å². The maximum Gasteiger partial charge on any atom is 0.261 e. The van der Waals surface area contributed by atoms with Crippen LogP contribution in [-0.4, -0.2) is 97.1 Å². The first-order valence-electron chi connectivity index (χ1n) is 14.1. The van der Waals surface area contributed by atoms with Crippen molar-refractivity contribution in [2.75, 3.05) is 57.8 Å². The second kappa shape index (κ2) is 11.6. The predicted molar refractivity (Wildman–Crippen MR) is 158 cm³/mol. The molecule has 0 radical (unpaired) electrons. The number of hydrogen-bond donors (Lipinski definition) is 2. The van der Waals surface area contributed by atoms with Crippen LogP contribution >= 0.6 is 11.6 Å². The van der Waals surface area contributed by atoms with Crippen molar-refractivity contribution in [3.63, 3.8) is 0 Å².